The molecule has 0 aromatic carbocycles. The second kappa shape index (κ2) is 6.34. The molecule has 2 N–H and O–H groups in total. The molecule has 0 saturated heterocycles. The van der Waals surface area contributed by atoms with Crippen LogP contribution in [0, 0.1) is 23.7 Å². The molecule has 0 amide bonds. The van der Waals surface area contributed by atoms with Crippen molar-refractivity contribution in [2.24, 2.45) is 23.7 Å². The van der Waals surface area contributed by atoms with Gasteiger partial charge in [-0.3, -0.25) is 9.59 Å². The van der Waals surface area contributed by atoms with E-state index >= 15 is 0 Å². The summed E-state index contributed by atoms with van der Waals surface area (Å²) in [5, 5.41) is 28.6. The first-order valence-electron chi connectivity index (χ1n) is 7.99. The Morgan fingerprint density at radius 2 is 1.38 bits per heavy atom. The lowest BCUT2D eigenvalue weighted by Crippen LogP contribution is -2.49. The van der Waals surface area contributed by atoms with Gasteiger partial charge in [0.25, 0.3) is 0 Å². The van der Waals surface area contributed by atoms with Gasteiger partial charge in [-0.05, 0) is 62.7 Å². The molecule has 1 radical (unpaired) electrons. The molecule has 119 valence electrons. The second-order valence-corrected chi connectivity index (χ2v) is 7.12. The third-order valence-electron chi connectivity index (χ3n) is 5.16. The Balaban J connectivity index is 0.000000155. The van der Waals surface area contributed by atoms with Gasteiger partial charge in [-0.15, -0.1) is 0 Å². The Morgan fingerprint density at radius 1 is 1.00 bits per heavy atom. The van der Waals surface area contributed by atoms with Gasteiger partial charge >= 0.3 is 11.9 Å². The molecule has 4 bridgehead atoms. The van der Waals surface area contributed by atoms with E-state index in [4.69, 9.17) is 10.2 Å². The number of carboxylic acids is 2. The minimum absolute atomic E-state index is 0.199. The van der Waals surface area contributed by atoms with Crippen molar-refractivity contribution in [2.75, 3.05) is 0 Å². The predicted octanol–water partition coefficient (Wildman–Crippen LogP) is 2.96. The highest BCUT2D eigenvalue weighted by Gasteiger charge is 2.51. The van der Waals surface area contributed by atoms with Gasteiger partial charge in [0.15, 0.2) is 5.92 Å². The number of aliphatic carboxylic acids is 2. The van der Waals surface area contributed by atoms with Crippen molar-refractivity contribution >= 4 is 11.9 Å². The number of rotatable bonds is 4. The first-order chi connectivity index (χ1) is 9.83. The van der Waals surface area contributed by atoms with Crippen LogP contribution < -0.4 is 0 Å². The van der Waals surface area contributed by atoms with E-state index < -0.39 is 23.5 Å². The third kappa shape index (κ3) is 3.96. The van der Waals surface area contributed by atoms with Gasteiger partial charge in [0.2, 0.25) is 0 Å². The molecule has 0 aromatic rings. The molecule has 0 heterocycles. The van der Waals surface area contributed by atoms with Crippen molar-refractivity contribution in [3.8, 4) is 0 Å². The highest BCUT2D eigenvalue weighted by Crippen LogP contribution is 2.55. The summed E-state index contributed by atoms with van der Waals surface area (Å²) in [7, 11) is 0. The normalized spacial score (nSPS) is 36.2. The topological polar surface area (TPSA) is 94.5 Å². The van der Waals surface area contributed by atoms with Crippen LogP contribution in [0.4, 0.5) is 0 Å². The molecule has 4 rings (SSSR count). The van der Waals surface area contributed by atoms with Crippen molar-refractivity contribution in [1.29, 1.82) is 0 Å². The van der Waals surface area contributed by atoms with Crippen LogP contribution >= 0.6 is 0 Å². The lowest BCUT2D eigenvalue weighted by molar-refractivity contribution is -0.160. The molecule has 21 heavy (non-hydrogen) atoms. The Kier molecular flexibility index (Phi) is 4.91. The molecular weight excluding hydrogens is 272 g/mol. The van der Waals surface area contributed by atoms with Crippen LogP contribution in [0.3, 0.4) is 0 Å². The zero-order chi connectivity index (χ0) is 15.6. The Bertz CT molecular complexity index is 354. The minimum Gasteiger partial charge on any atom is -0.481 e. The van der Waals surface area contributed by atoms with Gasteiger partial charge < -0.3 is 10.2 Å². The molecule has 0 atom stereocenters. The molecule has 4 aliphatic carbocycles. The highest BCUT2D eigenvalue weighted by molar-refractivity contribution is 5.92. The second-order valence-electron chi connectivity index (χ2n) is 7.12. The number of carboxylic acid groups (broad SMARTS) is 2. The summed E-state index contributed by atoms with van der Waals surface area (Å²) < 4.78 is 0. The number of hydrogen-bond donors (Lipinski definition) is 2. The van der Waals surface area contributed by atoms with Crippen LogP contribution in [0.15, 0.2) is 0 Å². The van der Waals surface area contributed by atoms with Crippen LogP contribution in [0.5, 0.6) is 0 Å². The van der Waals surface area contributed by atoms with E-state index in [0.29, 0.717) is 6.42 Å². The Hall–Kier alpha value is -1.10. The molecule has 0 aliphatic heterocycles. The Labute approximate surface area is 125 Å². The first kappa shape index (κ1) is 16.3. The summed E-state index contributed by atoms with van der Waals surface area (Å²) >= 11 is 0. The first-order valence-corrected chi connectivity index (χ1v) is 7.99. The van der Waals surface area contributed by atoms with Gasteiger partial charge in [-0.1, -0.05) is 13.3 Å². The van der Waals surface area contributed by atoms with E-state index in [1.54, 1.807) is 6.92 Å². The van der Waals surface area contributed by atoms with Gasteiger partial charge in [-0.25, -0.2) is 5.11 Å². The van der Waals surface area contributed by atoms with Crippen LogP contribution in [0.25, 0.3) is 0 Å². The molecular formula is C16H25O5. The van der Waals surface area contributed by atoms with E-state index in [0.717, 1.165) is 37.0 Å². The van der Waals surface area contributed by atoms with Crippen molar-refractivity contribution in [1.82, 2.24) is 0 Å². The smallest absolute Gasteiger partial charge is 0.317 e. The zero-order valence-corrected chi connectivity index (χ0v) is 12.6. The van der Waals surface area contributed by atoms with Crippen LogP contribution in [0.1, 0.15) is 58.3 Å². The fraction of sp³-hybridized carbons (Fsp3) is 0.875. The molecule has 4 aliphatic rings. The number of hydrogen-bond acceptors (Lipinski definition) is 2. The molecule has 5 nitrogen and oxygen atoms in total. The monoisotopic (exact) mass is 297 g/mol. The maximum Gasteiger partial charge on any atom is 0.317 e. The summed E-state index contributed by atoms with van der Waals surface area (Å²) in [5.41, 5.74) is -0.450. The summed E-state index contributed by atoms with van der Waals surface area (Å²) in [4.78, 5) is 20.3. The zero-order valence-electron chi connectivity index (χ0n) is 12.6. The maximum absolute atomic E-state index is 12.0. The van der Waals surface area contributed by atoms with Crippen LogP contribution in [-0.4, -0.2) is 27.8 Å². The summed E-state index contributed by atoms with van der Waals surface area (Å²) in [6.07, 6.45) is 7.98. The minimum atomic E-state index is -1.26. The predicted molar refractivity (Wildman–Crippen MR) is 75.3 cm³/mol. The average molecular weight is 297 g/mol. The lowest BCUT2D eigenvalue weighted by atomic mass is 9.54. The van der Waals surface area contributed by atoms with Gasteiger partial charge in [0.1, 0.15) is 5.60 Å². The van der Waals surface area contributed by atoms with Gasteiger partial charge in [0.05, 0.1) is 0 Å². The fourth-order valence-electron chi connectivity index (χ4n) is 4.67. The standard InChI is InChI=1S/C10H15O.C6H10O4/c11-10-4-7-1-8(5-10)3-9(2-7)6-10;1-2-3-4(5(7)8)6(9)10/h7-9H,1-6H2;4H,2-3H2,1H3,(H,7,8)(H,9,10). The summed E-state index contributed by atoms with van der Waals surface area (Å²) in [6, 6.07) is 0. The van der Waals surface area contributed by atoms with Crippen molar-refractivity contribution in [3.63, 3.8) is 0 Å². The molecule has 4 saturated carbocycles. The van der Waals surface area contributed by atoms with E-state index in [9.17, 15) is 14.7 Å². The van der Waals surface area contributed by atoms with Crippen molar-refractivity contribution in [3.05, 3.63) is 0 Å². The van der Waals surface area contributed by atoms with E-state index in [2.05, 4.69) is 0 Å². The van der Waals surface area contributed by atoms with Crippen LogP contribution in [-0.2, 0) is 14.7 Å². The van der Waals surface area contributed by atoms with Crippen LogP contribution in [0.2, 0.25) is 0 Å². The van der Waals surface area contributed by atoms with Crippen molar-refractivity contribution in [2.45, 2.75) is 63.9 Å². The molecule has 0 spiro atoms. The van der Waals surface area contributed by atoms with Gasteiger partial charge in [0, 0.05) is 0 Å². The van der Waals surface area contributed by atoms with E-state index in [1.807, 2.05) is 0 Å². The molecule has 4 fully saturated rings. The van der Waals surface area contributed by atoms with Gasteiger partial charge in [-0.2, -0.15) is 0 Å². The lowest BCUT2D eigenvalue weighted by Gasteiger charge is -2.52. The average Bonchev–Trinajstić information content (AvgIpc) is 2.32. The van der Waals surface area contributed by atoms with E-state index in [1.165, 1.54) is 19.3 Å². The Morgan fingerprint density at radius 3 is 1.57 bits per heavy atom. The molecule has 0 aromatic heterocycles. The maximum atomic E-state index is 12.0. The highest BCUT2D eigenvalue weighted by atomic mass is 16.4. The SMILES string of the molecule is CCCC(C(=O)O)C(=O)O.[O]C12CC3CC(CC(C3)C1)C2. The fourth-order valence-corrected chi connectivity index (χ4v) is 4.67. The largest absolute Gasteiger partial charge is 0.481 e. The van der Waals surface area contributed by atoms with Crippen molar-refractivity contribution < 1.29 is 24.9 Å². The molecule has 5 heteroatoms. The molecule has 0 unspecified atom stereocenters. The third-order valence-corrected chi connectivity index (χ3v) is 5.16. The number of carbonyl (C=O) groups is 2. The quantitative estimate of drug-likeness (QED) is 0.780. The summed E-state index contributed by atoms with van der Waals surface area (Å²) in [6.45, 7) is 1.75. The van der Waals surface area contributed by atoms with E-state index in [-0.39, 0.29) is 6.42 Å². The summed E-state index contributed by atoms with van der Waals surface area (Å²) in [5.74, 6) is -1.25.